The van der Waals surface area contributed by atoms with E-state index in [1.165, 1.54) is 6.42 Å². The molecule has 0 aliphatic carbocycles. The molecule has 0 aromatic carbocycles. The standard InChI is InChI=1S/C15H28N2O2/c1-3-17-8-6-15(2,7-9-17)14(18)16-11-13-5-4-10-19-12-13/h13H,3-12H2,1-2H3,(H,16,18). The van der Waals surface area contributed by atoms with Crippen molar-refractivity contribution < 1.29 is 9.53 Å². The summed E-state index contributed by atoms with van der Waals surface area (Å²) in [4.78, 5) is 14.8. The lowest BCUT2D eigenvalue weighted by Gasteiger charge is -2.38. The first-order chi connectivity index (χ1) is 9.14. The van der Waals surface area contributed by atoms with Gasteiger partial charge in [-0.05, 0) is 51.2 Å². The monoisotopic (exact) mass is 268 g/mol. The smallest absolute Gasteiger partial charge is 0.226 e. The Hall–Kier alpha value is -0.610. The van der Waals surface area contributed by atoms with E-state index in [2.05, 4.69) is 24.1 Å². The zero-order valence-electron chi connectivity index (χ0n) is 12.4. The molecule has 0 aromatic rings. The summed E-state index contributed by atoms with van der Waals surface area (Å²) in [6, 6.07) is 0. The van der Waals surface area contributed by atoms with Crippen LogP contribution >= 0.6 is 0 Å². The van der Waals surface area contributed by atoms with E-state index in [4.69, 9.17) is 4.74 Å². The van der Waals surface area contributed by atoms with Crippen molar-refractivity contribution in [2.75, 3.05) is 39.4 Å². The van der Waals surface area contributed by atoms with E-state index in [9.17, 15) is 4.79 Å². The Labute approximate surface area is 116 Å². The van der Waals surface area contributed by atoms with E-state index in [-0.39, 0.29) is 11.3 Å². The van der Waals surface area contributed by atoms with Gasteiger partial charge in [0.25, 0.3) is 0 Å². The predicted octanol–water partition coefficient (Wildman–Crippen LogP) is 1.65. The van der Waals surface area contributed by atoms with Crippen LogP contribution in [0.1, 0.15) is 39.5 Å². The van der Waals surface area contributed by atoms with Gasteiger partial charge in [0, 0.05) is 18.6 Å². The van der Waals surface area contributed by atoms with Crippen LogP contribution in [0.15, 0.2) is 0 Å². The summed E-state index contributed by atoms with van der Waals surface area (Å²) in [5, 5.41) is 3.16. The van der Waals surface area contributed by atoms with Gasteiger partial charge in [0.1, 0.15) is 0 Å². The Morgan fingerprint density at radius 1 is 1.42 bits per heavy atom. The fourth-order valence-corrected chi connectivity index (χ4v) is 3.01. The van der Waals surface area contributed by atoms with E-state index >= 15 is 0 Å². The molecule has 2 rings (SSSR count). The molecule has 0 spiro atoms. The molecule has 2 heterocycles. The number of ether oxygens (including phenoxy) is 1. The zero-order valence-corrected chi connectivity index (χ0v) is 12.4. The zero-order chi connectivity index (χ0) is 13.7. The lowest BCUT2D eigenvalue weighted by molar-refractivity contribution is -0.133. The number of carbonyl (C=O) groups is 1. The maximum atomic E-state index is 12.4. The summed E-state index contributed by atoms with van der Waals surface area (Å²) in [6.07, 6.45) is 4.27. The maximum Gasteiger partial charge on any atom is 0.226 e. The van der Waals surface area contributed by atoms with Crippen LogP contribution in [0.5, 0.6) is 0 Å². The van der Waals surface area contributed by atoms with E-state index in [0.717, 1.165) is 58.7 Å². The van der Waals surface area contributed by atoms with Crippen molar-refractivity contribution >= 4 is 5.91 Å². The molecule has 4 heteroatoms. The third-order valence-electron chi connectivity index (χ3n) is 4.76. The minimum absolute atomic E-state index is 0.165. The molecule has 0 aromatic heterocycles. The highest BCUT2D eigenvalue weighted by Crippen LogP contribution is 2.31. The molecule has 4 nitrogen and oxygen atoms in total. The van der Waals surface area contributed by atoms with Gasteiger partial charge in [-0.1, -0.05) is 13.8 Å². The number of nitrogens with zero attached hydrogens (tertiary/aromatic N) is 1. The average molecular weight is 268 g/mol. The minimum atomic E-state index is -0.165. The molecule has 1 amide bonds. The van der Waals surface area contributed by atoms with Crippen molar-refractivity contribution in [1.82, 2.24) is 10.2 Å². The molecule has 1 N–H and O–H groups in total. The number of piperidine rings is 1. The summed E-state index contributed by atoms with van der Waals surface area (Å²) >= 11 is 0. The molecule has 2 aliphatic rings. The van der Waals surface area contributed by atoms with Gasteiger partial charge < -0.3 is 15.0 Å². The highest BCUT2D eigenvalue weighted by molar-refractivity contribution is 5.82. The number of hydrogen-bond donors (Lipinski definition) is 1. The van der Waals surface area contributed by atoms with Crippen LogP contribution in [0, 0.1) is 11.3 Å². The third kappa shape index (κ3) is 3.93. The van der Waals surface area contributed by atoms with Crippen LogP contribution in [0.4, 0.5) is 0 Å². The van der Waals surface area contributed by atoms with Gasteiger partial charge in [-0.3, -0.25) is 4.79 Å². The maximum absolute atomic E-state index is 12.4. The molecule has 0 radical (unpaired) electrons. The minimum Gasteiger partial charge on any atom is -0.381 e. The summed E-state index contributed by atoms with van der Waals surface area (Å²) in [5.74, 6) is 0.755. The van der Waals surface area contributed by atoms with Crippen molar-refractivity contribution in [2.24, 2.45) is 11.3 Å². The molecule has 19 heavy (non-hydrogen) atoms. The highest BCUT2D eigenvalue weighted by Gasteiger charge is 2.36. The normalized spacial score (nSPS) is 28.0. The topological polar surface area (TPSA) is 41.6 Å². The van der Waals surface area contributed by atoms with E-state index in [0.29, 0.717) is 5.92 Å². The Bertz CT molecular complexity index is 293. The third-order valence-corrected chi connectivity index (χ3v) is 4.76. The molecule has 110 valence electrons. The number of carbonyl (C=O) groups excluding carboxylic acids is 1. The largest absolute Gasteiger partial charge is 0.381 e. The molecule has 0 saturated carbocycles. The molecule has 1 atom stereocenters. The van der Waals surface area contributed by atoms with Crippen LogP contribution in [0.25, 0.3) is 0 Å². The number of amides is 1. The van der Waals surface area contributed by atoms with Crippen LogP contribution < -0.4 is 5.32 Å². The van der Waals surface area contributed by atoms with E-state index in [1.807, 2.05) is 0 Å². The highest BCUT2D eigenvalue weighted by atomic mass is 16.5. The van der Waals surface area contributed by atoms with Crippen LogP contribution in [-0.2, 0) is 9.53 Å². The molecular formula is C15H28N2O2. The van der Waals surface area contributed by atoms with Crippen molar-refractivity contribution in [3.8, 4) is 0 Å². The Morgan fingerprint density at radius 2 is 2.16 bits per heavy atom. The molecule has 2 saturated heterocycles. The first-order valence-corrected chi connectivity index (χ1v) is 7.72. The van der Waals surface area contributed by atoms with Crippen molar-refractivity contribution in [3.05, 3.63) is 0 Å². The Balaban J connectivity index is 1.75. The molecular weight excluding hydrogens is 240 g/mol. The summed E-state index contributed by atoms with van der Waals surface area (Å²) in [5.41, 5.74) is -0.165. The molecule has 2 fully saturated rings. The van der Waals surface area contributed by atoms with Crippen LogP contribution in [0.3, 0.4) is 0 Å². The summed E-state index contributed by atoms with van der Waals surface area (Å²) < 4.78 is 5.46. The average Bonchev–Trinajstić information content (AvgIpc) is 2.46. The molecule has 1 unspecified atom stereocenters. The lowest BCUT2D eigenvalue weighted by atomic mass is 9.79. The van der Waals surface area contributed by atoms with Gasteiger partial charge in [0.05, 0.1) is 6.61 Å². The quantitative estimate of drug-likeness (QED) is 0.843. The Kier molecular flexibility index (Phi) is 5.22. The SMILES string of the molecule is CCN1CCC(C)(C(=O)NCC2CCCOC2)CC1. The second-order valence-corrected chi connectivity index (χ2v) is 6.29. The van der Waals surface area contributed by atoms with Crippen LogP contribution in [0.2, 0.25) is 0 Å². The van der Waals surface area contributed by atoms with E-state index in [1.54, 1.807) is 0 Å². The Morgan fingerprint density at radius 3 is 2.74 bits per heavy atom. The number of likely N-dealkylation sites (tertiary alicyclic amines) is 1. The van der Waals surface area contributed by atoms with Crippen molar-refractivity contribution in [2.45, 2.75) is 39.5 Å². The number of nitrogens with one attached hydrogen (secondary N) is 1. The lowest BCUT2D eigenvalue weighted by Crippen LogP contribution is -2.48. The van der Waals surface area contributed by atoms with Crippen molar-refractivity contribution in [3.63, 3.8) is 0 Å². The summed E-state index contributed by atoms with van der Waals surface area (Å²) in [6.45, 7) is 9.97. The van der Waals surface area contributed by atoms with Gasteiger partial charge in [0.2, 0.25) is 5.91 Å². The van der Waals surface area contributed by atoms with Crippen molar-refractivity contribution in [1.29, 1.82) is 0 Å². The predicted molar refractivity (Wildman–Crippen MR) is 76.0 cm³/mol. The first-order valence-electron chi connectivity index (χ1n) is 7.72. The first kappa shape index (κ1) is 14.8. The van der Waals surface area contributed by atoms with Crippen LogP contribution in [-0.4, -0.2) is 50.2 Å². The fraction of sp³-hybridized carbons (Fsp3) is 0.933. The van der Waals surface area contributed by atoms with Gasteiger partial charge in [-0.2, -0.15) is 0 Å². The van der Waals surface area contributed by atoms with Gasteiger partial charge in [-0.25, -0.2) is 0 Å². The van der Waals surface area contributed by atoms with E-state index < -0.39 is 0 Å². The number of rotatable bonds is 4. The second kappa shape index (κ2) is 6.71. The molecule has 2 aliphatic heterocycles. The number of hydrogen-bond acceptors (Lipinski definition) is 3. The van der Waals surface area contributed by atoms with Gasteiger partial charge in [0.15, 0.2) is 0 Å². The second-order valence-electron chi connectivity index (χ2n) is 6.29. The van der Waals surface area contributed by atoms with Gasteiger partial charge >= 0.3 is 0 Å². The molecule has 0 bridgehead atoms. The fourth-order valence-electron chi connectivity index (χ4n) is 3.01. The van der Waals surface area contributed by atoms with Gasteiger partial charge in [-0.15, -0.1) is 0 Å². The summed E-state index contributed by atoms with van der Waals surface area (Å²) in [7, 11) is 0.